The molecule has 0 saturated carbocycles. The zero-order valence-corrected chi connectivity index (χ0v) is 42.7. The van der Waals surface area contributed by atoms with E-state index in [0.717, 1.165) is 77.1 Å². The van der Waals surface area contributed by atoms with Crippen LogP contribution in [0.5, 0.6) is 0 Å². The molecule has 13 rings (SSSR count). The molecule has 0 amide bonds. The van der Waals surface area contributed by atoms with Crippen LogP contribution in [0.1, 0.15) is 43.0 Å². The molecule has 0 N–H and O–H groups in total. The summed E-state index contributed by atoms with van der Waals surface area (Å²) < 4.78 is 15.9. The molecule has 0 aliphatic carbocycles. The molecule has 0 radical (unpaired) electrons. The van der Waals surface area contributed by atoms with Crippen LogP contribution >= 0.6 is 0 Å². The summed E-state index contributed by atoms with van der Waals surface area (Å²) >= 11 is 0. The summed E-state index contributed by atoms with van der Waals surface area (Å²) in [5.74, 6) is 0.153. The van der Waals surface area contributed by atoms with Gasteiger partial charge in [0.2, 0.25) is 0 Å². The highest BCUT2D eigenvalue weighted by Gasteiger charge is 2.25. The first kappa shape index (κ1) is 48.4. The minimum atomic E-state index is -0.441. The third-order valence-corrected chi connectivity index (χ3v) is 14.3. The van der Waals surface area contributed by atoms with E-state index in [1.807, 2.05) is 206 Å². The zero-order chi connectivity index (χ0) is 54.1. The number of fused-ring (bicyclic) bond motifs is 6. The molecule has 0 aliphatic heterocycles. The molecule has 3 aromatic heterocycles. The highest BCUT2D eigenvalue weighted by atomic mass is 16.5. The molecule has 10 aromatic carbocycles. The fourth-order valence-corrected chi connectivity index (χ4v) is 10.5. The number of carbonyl (C=O) groups is 2. The monoisotopic (exact) mass is 1030 g/mol. The lowest BCUT2D eigenvalue weighted by Crippen LogP contribution is -2.06. The van der Waals surface area contributed by atoms with Gasteiger partial charge in [0.25, 0.3) is 0 Å². The maximum Gasteiger partial charge on any atom is 0.338 e. The van der Waals surface area contributed by atoms with Crippen LogP contribution in [0.25, 0.3) is 100 Å². The highest BCUT2D eigenvalue weighted by molar-refractivity contribution is 6.13. The van der Waals surface area contributed by atoms with Crippen molar-refractivity contribution in [2.75, 3.05) is 0 Å². The van der Waals surface area contributed by atoms with E-state index in [0.29, 0.717) is 56.5 Å². The summed E-state index contributed by atoms with van der Waals surface area (Å²) in [6.45, 7) is 0.279. The van der Waals surface area contributed by atoms with Crippen molar-refractivity contribution in [2.24, 2.45) is 0 Å². The topological polar surface area (TPSA) is 149 Å². The van der Waals surface area contributed by atoms with Gasteiger partial charge in [-0.2, -0.15) is 10.5 Å². The fraction of sp³-hybridized carbons (Fsp3) is 0.0290. The van der Waals surface area contributed by atoms with Gasteiger partial charge in [0.15, 0.2) is 17.5 Å². The van der Waals surface area contributed by atoms with Crippen LogP contribution in [0.4, 0.5) is 0 Å². The fourth-order valence-electron chi connectivity index (χ4n) is 10.5. The van der Waals surface area contributed by atoms with Crippen LogP contribution in [0.2, 0.25) is 0 Å². The van der Waals surface area contributed by atoms with Crippen LogP contribution < -0.4 is 0 Å². The highest BCUT2D eigenvalue weighted by Crippen LogP contribution is 2.41. The van der Waals surface area contributed by atoms with Crippen LogP contribution in [-0.2, 0) is 22.7 Å². The Hall–Kier alpha value is -11.3. The maximum atomic E-state index is 13.7. The summed E-state index contributed by atoms with van der Waals surface area (Å²) in [6.07, 6.45) is 0. The number of ether oxygens (including phenoxy) is 2. The Morgan fingerprint density at radius 1 is 0.375 bits per heavy atom. The molecule has 0 aliphatic rings. The van der Waals surface area contributed by atoms with Crippen LogP contribution in [0, 0.1) is 22.7 Å². The minimum Gasteiger partial charge on any atom is -0.457 e. The standard InChI is InChI=1S/C69H43N7O4/c70-40-46-19-14-22-49(35-46)50-28-32-64(76-60-26-13-11-24-54(60)56-39-52(30-34-62(56)76)69(78)80-43-45-17-6-2-7-18-45)58(37-50)67-73-65(48-20-8-3-9-21-48)72-66(74-67)57-36-47(41-71)27-31-63(57)75-59-25-12-10-23-53(59)55-38-51(29-33-61(55)75)68(77)79-42-44-15-4-1-5-16-44/h1-39H,42-43H2. The van der Waals surface area contributed by atoms with Crippen molar-refractivity contribution >= 4 is 55.6 Å². The zero-order valence-electron chi connectivity index (χ0n) is 42.7. The van der Waals surface area contributed by atoms with Gasteiger partial charge in [0.1, 0.15) is 13.2 Å². The minimum absolute atomic E-state index is 0.139. The predicted molar refractivity (Wildman–Crippen MR) is 311 cm³/mol. The lowest BCUT2D eigenvalue weighted by molar-refractivity contribution is 0.0464. The van der Waals surface area contributed by atoms with Crippen molar-refractivity contribution in [3.8, 4) is 68.8 Å². The van der Waals surface area contributed by atoms with Gasteiger partial charge in [-0.15, -0.1) is 0 Å². The van der Waals surface area contributed by atoms with Crippen LogP contribution in [-0.4, -0.2) is 36.0 Å². The first-order valence-corrected chi connectivity index (χ1v) is 25.9. The van der Waals surface area contributed by atoms with Crippen molar-refractivity contribution in [1.82, 2.24) is 24.1 Å². The molecule has 11 heteroatoms. The lowest BCUT2D eigenvalue weighted by Gasteiger charge is -2.18. The normalized spacial score (nSPS) is 11.2. The molecule has 378 valence electrons. The SMILES string of the molecule is N#Cc1cccc(-c2ccc(-n3c4ccccc4c4cc(C(=O)OCc5ccccc5)ccc43)c(-c3nc(-c4ccccc4)nc(-c4cc(C#N)ccc4-n4c5ccccc5c5cc(C(=O)OCc6ccccc6)ccc54)n3)c2)c1. The molecule has 0 atom stereocenters. The Balaban J connectivity index is 1.01. The second-order valence-electron chi connectivity index (χ2n) is 19.2. The summed E-state index contributed by atoms with van der Waals surface area (Å²) in [6, 6.07) is 79.8. The molecule has 13 aromatic rings. The Bertz CT molecular complexity index is 4670. The average molecular weight is 1030 g/mol. The van der Waals surface area contributed by atoms with Gasteiger partial charge in [-0.3, -0.25) is 0 Å². The number of aromatic nitrogens is 5. The van der Waals surface area contributed by atoms with E-state index in [1.165, 1.54) is 0 Å². The Morgan fingerprint density at radius 3 is 1.36 bits per heavy atom. The van der Waals surface area contributed by atoms with Crippen molar-refractivity contribution in [2.45, 2.75) is 13.2 Å². The molecule has 0 bridgehead atoms. The number of carbonyl (C=O) groups excluding carboxylic acids is 2. The van der Waals surface area contributed by atoms with E-state index in [4.69, 9.17) is 24.4 Å². The van der Waals surface area contributed by atoms with Gasteiger partial charge in [-0.1, -0.05) is 146 Å². The van der Waals surface area contributed by atoms with Gasteiger partial charge in [0, 0.05) is 38.2 Å². The van der Waals surface area contributed by atoms with Gasteiger partial charge in [-0.25, -0.2) is 24.5 Å². The van der Waals surface area contributed by atoms with Crippen molar-refractivity contribution in [1.29, 1.82) is 10.5 Å². The summed E-state index contributed by atoms with van der Waals surface area (Å²) in [7, 11) is 0. The molecule has 0 saturated heterocycles. The number of hydrogen-bond acceptors (Lipinski definition) is 9. The molecule has 3 heterocycles. The molecule has 0 fully saturated rings. The molecule has 80 heavy (non-hydrogen) atoms. The Labute approximate surface area is 459 Å². The van der Waals surface area contributed by atoms with E-state index in [1.54, 1.807) is 30.3 Å². The molecular weight excluding hydrogens is 991 g/mol. The number of rotatable bonds is 12. The third kappa shape index (κ3) is 9.03. The predicted octanol–water partition coefficient (Wildman–Crippen LogP) is 15.2. The second kappa shape index (κ2) is 20.7. The third-order valence-electron chi connectivity index (χ3n) is 14.3. The molecule has 11 nitrogen and oxygen atoms in total. The summed E-state index contributed by atoms with van der Waals surface area (Å²) in [5.41, 5.74) is 11.9. The van der Waals surface area contributed by atoms with E-state index < -0.39 is 11.9 Å². The van der Waals surface area contributed by atoms with E-state index in [9.17, 15) is 20.1 Å². The van der Waals surface area contributed by atoms with Gasteiger partial charge < -0.3 is 18.6 Å². The Morgan fingerprint density at radius 2 is 0.812 bits per heavy atom. The summed E-state index contributed by atoms with van der Waals surface area (Å²) in [5, 5.41) is 24.0. The van der Waals surface area contributed by atoms with Crippen LogP contribution in [0.15, 0.2) is 237 Å². The van der Waals surface area contributed by atoms with Gasteiger partial charge in [0.05, 0.1) is 67.8 Å². The number of benzene rings is 10. The van der Waals surface area contributed by atoms with E-state index in [2.05, 4.69) is 21.3 Å². The quantitative estimate of drug-likeness (QED) is 0.109. The Kier molecular flexibility index (Phi) is 12.5. The van der Waals surface area contributed by atoms with E-state index in [-0.39, 0.29) is 13.2 Å². The number of esters is 2. The largest absolute Gasteiger partial charge is 0.457 e. The van der Waals surface area contributed by atoms with Gasteiger partial charge in [-0.05, 0) is 113 Å². The van der Waals surface area contributed by atoms with Crippen molar-refractivity contribution < 1.29 is 19.1 Å². The van der Waals surface area contributed by atoms with Crippen molar-refractivity contribution in [3.63, 3.8) is 0 Å². The lowest BCUT2D eigenvalue weighted by atomic mass is 9.99. The first-order valence-electron chi connectivity index (χ1n) is 25.9. The summed E-state index contributed by atoms with van der Waals surface area (Å²) in [4.78, 5) is 43.3. The second-order valence-corrected chi connectivity index (χ2v) is 19.2. The molecule has 0 unspecified atom stereocenters. The maximum absolute atomic E-state index is 13.7. The van der Waals surface area contributed by atoms with Crippen molar-refractivity contribution in [3.05, 3.63) is 270 Å². The molecular formula is C69H43N7O4. The smallest absolute Gasteiger partial charge is 0.338 e. The number of nitriles is 2. The van der Waals surface area contributed by atoms with Gasteiger partial charge >= 0.3 is 11.9 Å². The molecule has 0 spiro atoms. The number of nitrogens with zero attached hydrogens (tertiary/aromatic N) is 7. The first-order chi connectivity index (χ1) is 39.4. The van der Waals surface area contributed by atoms with E-state index >= 15 is 0 Å². The number of hydrogen-bond donors (Lipinski definition) is 0. The van der Waals surface area contributed by atoms with Crippen LogP contribution in [0.3, 0.4) is 0 Å². The average Bonchev–Trinajstić information content (AvgIpc) is 4.15. The number of para-hydroxylation sites is 2.